The average Bonchev–Trinajstić information content (AvgIpc) is 3.04. The van der Waals surface area contributed by atoms with Crippen molar-refractivity contribution in [2.75, 3.05) is 14.2 Å². The van der Waals surface area contributed by atoms with Crippen molar-refractivity contribution in [1.82, 2.24) is 0 Å². The van der Waals surface area contributed by atoms with Crippen LogP contribution in [0.2, 0.25) is 5.02 Å². The Bertz CT molecular complexity index is 1010. The van der Waals surface area contributed by atoms with Crippen LogP contribution in [0.25, 0.3) is 0 Å². The maximum absolute atomic E-state index is 13.2. The fourth-order valence-corrected chi connectivity index (χ4v) is 7.00. The third-order valence-corrected chi connectivity index (χ3v) is 8.67. The fourth-order valence-electron chi connectivity index (χ4n) is 6.77. The summed E-state index contributed by atoms with van der Waals surface area (Å²) >= 11 is 6.30. The monoisotopic (exact) mass is 462 g/mol. The quantitative estimate of drug-likeness (QED) is 0.496. The minimum absolute atomic E-state index is 0.0111. The molecule has 7 heteroatoms. The Labute approximate surface area is 193 Å². The van der Waals surface area contributed by atoms with Crippen molar-refractivity contribution in [3.05, 3.63) is 33.9 Å². The number of carbonyl (C=O) groups is 2. The molecular weight excluding hydrogens is 432 g/mol. The molecule has 2 fully saturated rings. The van der Waals surface area contributed by atoms with E-state index < -0.39 is 17.7 Å². The number of ether oxygens (including phenoxy) is 3. The number of methoxy groups -OCH3 is 2. The van der Waals surface area contributed by atoms with Crippen molar-refractivity contribution < 1.29 is 28.9 Å². The molecule has 174 valence electrons. The van der Waals surface area contributed by atoms with Gasteiger partial charge in [0, 0.05) is 24.2 Å². The van der Waals surface area contributed by atoms with E-state index in [2.05, 4.69) is 20.8 Å². The molecule has 1 aromatic rings. The van der Waals surface area contributed by atoms with Crippen LogP contribution in [0.3, 0.4) is 0 Å². The lowest BCUT2D eigenvalue weighted by molar-refractivity contribution is -0.259. The van der Waals surface area contributed by atoms with Crippen LogP contribution in [-0.2, 0) is 14.3 Å². The highest BCUT2D eigenvalue weighted by Gasteiger charge is 2.73. The number of allylic oxidation sites excluding steroid dienone is 1. The van der Waals surface area contributed by atoms with Crippen LogP contribution in [-0.4, -0.2) is 43.3 Å². The predicted molar refractivity (Wildman–Crippen MR) is 120 cm³/mol. The van der Waals surface area contributed by atoms with Crippen LogP contribution < -0.4 is 4.74 Å². The Morgan fingerprint density at radius 1 is 1.22 bits per heavy atom. The third-order valence-electron chi connectivity index (χ3n) is 8.20. The van der Waals surface area contributed by atoms with Gasteiger partial charge in [0.15, 0.2) is 0 Å². The largest absolute Gasteiger partial charge is 0.507 e. The number of rotatable bonds is 5. The second-order valence-corrected chi connectivity index (χ2v) is 10.8. The lowest BCUT2D eigenvalue weighted by Crippen LogP contribution is -2.73. The summed E-state index contributed by atoms with van der Waals surface area (Å²) in [7, 11) is 3.01. The molecule has 0 heterocycles. The molecule has 0 spiro atoms. The van der Waals surface area contributed by atoms with Crippen molar-refractivity contribution >= 4 is 23.9 Å². The first-order chi connectivity index (χ1) is 15.0. The molecule has 0 amide bonds. The topological polar surface area (TPSA) is 82.1 Å². The molecule has 1 N–H and O–H groups in total. The van der Waals surface area contributed by atoms with E-state index in [1.807, 2.05) is 6.08 Å². The predicted octanol–water partition coefficient (Wildman–Crippen LogP) is 4.87. The second kappa shape index (κ2) is 7.49. The van der Waals surface area contributed by atoms with Gasteiger partial charge in [-0.1, -0.05) is 38.4 Å². The zero-order valence-electron chi connectivity index (χ0n) is 19.5. The van der Waals surface area contributed by atoms with E-state index in [1.54, 1.807) is 14.0 Å². The summed E-state index contributed by atoms with van der Waals surface area (Å²) in [5.74, 6) is -0.0542. The maximum Gasteiger partial charge on any atom is 0.342 e. The molecular formula is C25H31ClO6. The van der Waals surface area contributed by atoms with Crippen LogP contribution >= 0.6 is 11.6 Å². The van der Waals surface area contributed by atoms with Gasteiger partial charge in [-0.05, 0) is 49.0 Å². The number of fused-ring (bicyclic) bond motifs is 3. The molecule has 2 unspecified atom stereocenters. The molecule has 32 heavy (non-hydrogen) atoms. The average molecular weight is 463 g/mol. The zero-order chi connectivity index (χ0) is 23.6. The second-order valence-electron chi connectivity index (χ2n) is 10.4. The van der Waals surface area contributed by atoms with Gasteiger partial charge in [-0.25, -0.2) is 4.79 Å². The number of aromatic hydroxyl groups is 1. The third kappa shape index (κ3) is 2.95. The van der Waals surface area contributed by atoms with E-state index in [1.165, 1.54) is 13.2 Å². The molecule has 3 aliphatic rings. The number of carbonyl (C=O) groups excluding carboxylic acids is 2. The summed E-state index contributed by atoms with van der Waals surface area (Å²) in [5, 5.41) is 10.7. The maximum atomic E-state index is 13.2. The number of phenols is 1. The van der Waals surface area contributed by atoms with Gasteiger partial charge in [0.25, 0.3) is 0 Å². The number of phenolic OH excluding ortho intramolecular Hbond substituents is 1. The van der Waals surface area contributed by atoms with Gasteiger partial charge in [0.2, 0.25) is 0 Å². The van der Waals surface area contributed by atoms with E-state index in [-0.39, 0.29) is 32.9 Å². The summed E-state index contributed by atoms with van der Waals surface area (Å²) in [4.78, 5) is 25.3. The highest BCUT2D eigenvalue weighted by Crippen LogP contribution is 2.69. The Balaban J connectivity index is 1.69. The lowest BCUT2D eigenvalue weighted by Gasteiger charge is -2.66. The molecule has 0 aliphatic heterocycles. The number of hydrogen-bond acceptors (Lipinski definition) is 6. The smallest absolute Gasteiger partial charge is 0.342 e. The zero-order valence-corrected chi connectivity index (χ0v) is 20.2. The van der Waals surface area contributed by atoms with Crippen molar-refractivity contribution in [3.63, 3.8) is 0 Å². The highest BCUT2D eigenvalue weighted by atomic mass is 35.5. The summed E-state index contributed by atoms with van der Waals surface area (Å²) in [6.45, 7) is 8.28. The van der Waals surface area contributed by atoms with Crippen molar-refractivity contribution in [1.29, 1.82) is 0 Å². The van der Waals surface area contributed by atoms with Gasteiger partial charge in [-0.3, -0.25) is 4.79 Å². The Morgan fingerprint density at radius 2 is 1.91 bits per heavy atom. The van der Waals surface area contributed by atoms with Crippen LogP contribution in [0.4, 0.5) is 0 Å². The first-order valence-corrected chi connectivity index (χ1v) is 11.3. The number of benzene rings is 1. The van der Waals surface area contributed by atoms with Gasteiger partial charge < -0.3 is 19.3 Å². The van der Waals surface area contributed by atoms with Crippen LogP contribution in [0.15, 0.2) is 17.7 Å². The van der Waals surface area contributed by atoms with E-state index in [9.17, 15) is 14.7 Å². The van der Waals surface area contributed by atoms with Crippen LogP contribution in [0.1, 0.15) is 56.0 Å². The SMILES string of the molecule is COc1cc(O)c(C(=O)O[C@@H]2C[C@]3(C)C4CC(C)(C)CC4C=C(C=O)[C@]23OC)c(C)c1Cl. The molecule has 0 saturated heterocycles. The number of halogens is 1. The molecule has 1 aromatic carbocycles. The van der Waals surface area contributed by atoms with Gasteiger partial charge in [-0.15, -0.1) is 0 Å². The van der Waals surface area contributed by atoms with Crippen LogP contribution in [0.5, 0.6) is 11.5 Å². The van der Waals surface area contributed by atoms with Crippen molar-refractivity contribution in [2.24, 2.45) is 22.7 Å². The molecule has 6 nitrogen and oxygen atoms in total. The molecule has 0 aromatic heterocycles. The Morgan fingerprint density at radius 3 is 2.50 bits per heavy atom. The van der Waals surface area contributed by atoms with E-state index in [4.69, 9.17) is 25.8 Å². The van der Waals surface area contributed by atoms with E-state index in [0.29, 0.717) is 29.4 Å². The normalized spacial score (nSPS) is 34.6. The van der Waals surface area contributed by atoms with Crippen LogP contribution in [0, 0.1) is 29.6 Å². The molecule has 5 atom stereocenters. The van der Waals surface area contributed by atoms with Gasteiger partial charge >= 0.3 is 5.97 Å². The first kappa shape index (κ1) is 23.1. The number of hydrogen-bond donors (Lipinski definition) is 1. The first-order valence-electron chi connectivity index (χ1n) is 11.0. The summed E-state index contributed by atoms with van der Waals surface area (Å²) in [6.07, 6.45) is 4.85. The van der Waals surface area contributed by atoms with Gasteiger partial charge in [0.1, 0.15) is 35.1 Å². The number of esters is 1. The molecule has 0 radical (unpaired) electrons. The van der Waals surface area contributed by atoms with Gasteiger partial charge in [-0.2, -0.15) is 0 Å². The van der Waals surface area contributed by atoms with Crippen molar-refractivity contribution in [2.45, 2.75) is 58.7 Å². The summed E-state index contributed by atoms with van der Waals surface area (Å²) < 4.78 is 17.1. The lowest BCUT2D eigenvalue weighted by atomic mass is 9.44. The minimum Gasteiger partial charge on any atom is -0.507 e. The van der Waals surface area contributed by atoms with Gasteiger partial charge in [0.05, 0.1) is 12.1 Å². The Kier molecular flexibility index (Phi) is 5.41. The number of aldehydes is 1. The van der Waals surface area contributed by atoms with Crippen molar-refractivity contribution in [3.8, 4) is 11.5 Å². The summed E-state index contributed by atoms with van der Waals surface area (Å²) in [5.41, 5.74) is -0.259. The molecule has 2 saturated carbocycles. The van der Waals surface area contributed by atoms with E-state index >= 15 is 0 Å². The molecule has 3 aliphatic carbocycles. The van der Waals surface area contributed by atoms with E-state index in [0.717, 1.165) is 19.1 Å². The molecule has 4 rings (SSSR count). The highest BCUT2D eigenvalue weighted by molar-refractivity contribution is 6.33. The standard InChI is InChI=1S/C25H31ClO6/c1-13-20(17(28)8-18(30-5)21(13)26)22(29)32-19-11-24(4)16-10-23(2,3)9-14(16)7-15(12-27)25(19,24)31-6/h7-8,12,14,16,19,28H,9-11H2,1-6H3/t14?,16?,19-,24-,25+/m1/s1. The minimum atomic E-state index is -1.01. The summed E-state index contributed by atoms with van der Waals surface area (Å²) in [6, 6.07) is 1.30. The fraction of sp³-hybridized carbons (Fsp3) is 0.600. The molecule has 0 bridgehead atoms. The Hall–Kier alpha value is -2.05.